The smallest absolute Gasteiger partial charge is 0.255 e. The van der Waals surface area contributed by atoms with Gasteiger partial charge in [0.05, 0.1) is 0 Å². The molecule has 0 saturated heterocycles. The van der Waals surface area contributed by atoms with E-state index in [4.69, 9.17) is 4.42 Å². The van der Waals surface area contributed by atoms with Crippen LogP contribution in [-0.4, -0.2) is 10.9 Å². The molecule has 0 spiro atoms. The molecule has 0 atom stereocenters. The number of carbonyl (C=O) groups excluding carboxylic acids is 1. The summed E-state index contributed by atoms with van der Waals surface area (Å²) in [5, 5.41) is 3.00. The normalized spacial score (nSPS) is 11.0. The van der Waals surface area contributed by atoms with Crippen LogP contribution in [0.1, 0.15) is 32.6 Å². The van der Waals surface area contributed by atoms with E-state index in [1.807, 2.05) is 68.4 Å². The van der Waals surface area contributed by atoms with Gasteiger partial charge in [0.1, 0.15) is 5.52 Å². The lowest BCUT2D eigenvalue weighted by molar-refractivity contribution is 0.102. The Labute approximate surface area is 164 Å². The van der Waals surface area contributed by atoms with Crippen LogP contribution in [0.3, 0.4) is 0 Å². The van der Waals surface area contributed by atoms with E-state index in [0.29, 0.717) is 11.5 Å². The summed E-state index contributed by atoms with van der Waals surface area (Å²) < 4.78 is 5.96. The molecule has 1 N–H and O–H groups in total. The Morgan fingerprint density at radius 1 is 0.857 bits per heavy atom. The summed E-state index contributed by atoms with van der Waals surface area (Å²) >= 11 is 0. The van der Waals surface area contributed by atoms with Crippen molar-refractivity contribution >= 4 is 22.7 Å². The van der Waals surface area contributed by atoms with Gasteiger partial charge in [0.2, 0.25) is 5.89 Å². The van der Waals surface area contributed by atoms with E-state index in [1.54, 1.807) is 0 Å². The molecule has 0 bridgehead atoms. The summed E-state index contributed by atoms with van der Waals surface area (Å²) in [6, 6.07) is 17.4. The predicted octanol–water partition coefficient (Wildman–Crippen LogP) is 5.98. The van der Waals surface area contributed by atoms with Crippen LogP contribution in [0, 0.1) is 27.7 Å². The second kappa shape index (κ2) is 6.97. The number of anilines is 1. The number of aryl methyl sites for hydroxylation is 4. The molecule has 28 heavy (non-hydrogen) atoms. The second-order valence-electron chi connectivity index (χ2n) is 7.27. The summed E-state index contributed by atoms with van der Waals surface area (Å²) in [7, 11) is 0. The Balaban J connectivity index is 1.67. The maximum absolute atomic E-state index is 12.6. The molecular weight excluding hydrogens is 348 g/mol. The van der Waals surface area contributed by atoms with Gasteiger partial charge in [0, 0.05) is 16.8 Å². The van der Waals surface area contributed by atoms with Crippen LogP contribution in [-0.2, 0) is 0 Å². The molecule has 0 fully saturated rings. The lowest BCUT2D eigenvalue weighted by Crippen LogP contribution is -2.12. The number of fused-ring (bicyclic) bond motifs is 1. The number of aromatic nitrogens is 1. The first-order valence-corrected chi connectivity index (χ1v) is 9.27. The number of nitrogens with one attached hydrogen (secondary N) is 1. The molecule has 140 valence electrons. The van der Waals surface area contributed by atoms with Crippen molar-refractivity contribution in [2.45, 2.75) is 27.7 Å². The average molecular weight is 370 g/mol. The standard InChI is InChI=1S/C24H22N2O2/c1-14-5-8-18(9-6-14)23(27)25-20-13-19(10-7-15(20)2)24-26-21-11-16(3)17(4)12-22(21)28-24/h5-13H,1-4H3,(H,25,27). The zero-order chi connectivity index (χ0) is 19.8. The summed E-state index contributed by atoms with van der Waals surface area (Å²) in [4.78, 5) is 17.2. The third-order valence-corrected chi connectivity index (χ3v) is 5.05. The molecule has 0 aliphatic rings. The van der Waals surface area contributed by atoms with Crippen LogP contribution < -0.4 is 5.32 Å². The molecule has 4 rings (SSSR count). The van der Waals surface area contributed by atoms with Crippen LogP contribution in [0.5, 0.6) is 0 Å². The fraction of sp³-hybridized carbons (Fsp3) is 0.167. The van der Waals surface area contributed by atoms with Crippen molar-refractivity contribution in [1.82, 2.24) is 4.98 Å². The number of oxazole rings is 1. The molecular formula is C24H22N2O2. The van der Waals surface area contributed by atoms with E-state index < -0.39 is 0 Å². The minimum atomic E-state index is -0.135. The third kappa shape index (κ3) is 3.41. The number of benzene rings is 3. The quantitative estimate of drug-likeness (QED) is 0.482. The van der Waals surface area contributed by atoms with Gasteiger partial charge in [0.25, 0.3) is 5.91 Å². The number of hydrogen-bond acceptors (Lipinski definition) is 3. The van der Waals surface area contributed by atoms with E-state index in [2.05, 4.69) is 24.1 Å². The first-order valence-electron chi connectivity index (χ1n) is 9.27. The van der Waals surface area contributed by atoms with Gasteiger partial charge in [-0.25, -0.2) is 4.98 Å². The molecule has 1 amide bonds. The molecule has 0 saturated carbocycles. The second-order valence-corrected chi connectivity index (χ2v) is 7.27. The monoisotopic (exact) mass is 370 g/mol. The molecule has 4 nitrogen and oxygen atoms in total. The van der Waals surface area contributed by atoms with Gasteiger partial charge < -0.3 is 9.73 Å². The number of amides is 1. The molecule has 4 aromatic rings. The molecule has 1 aromatic heterocycles. The van der Waals surface area contributed by atoms with E-state index in [-0.39, 0.29) is 5.91 Å². The number of carbonyl (C=O) groups is 1. The SMILES string of the molecule is Cc1ccc(C(=O)Nc2cc(-c3nc4cc(C)c(C)cc4o3)ccc2C)cc1. The van der Waals surface area contributed by atoms with Gasteiger partial charge in [-0.05, 0) is 80.8 Å². The minimum Gasteiger partial charge on any atom is -0.436 e. The predicted molar refractivity (Wildman–Crippen MR) is 113 cm³/mol. The maximum Gasteiger partial charge on any atom is 0.255 e. The van der Waals surface area contributed by atoms with Crippen molar-refractivity contribution in [3.63, 3.8) is 0 Å². The first-order chi connectivity index (χ1) is 13.4. The van der Waals surface area contributed by atoms with E-state index in [9.17, 15) is 4.79 Å². The lowest BCUT2D eigenvalue weighted by Gasteiger charge is -2.10. The van der Waals surface area contributed by atoms with Gasteiger partial charge in [-0.1, -0.05) is 23.8 Å². The molecule has 0 radical (unpaired) electrons. The fourth-order valence-corrected chi connectivity index (χ4v) is 3.09. The van der Waals surface area contributed by atoms with Gasteiger partial charge in [-0.3, -0.25) is 4.79 Å². The number of rotatable bonds is 3. The minimum absolute atomic E-state index is 0.135. The van der Waals surface area contributed by atoms with Crippen LogP contribution in [0.15, 0.2) is 59.0 Å². The third-order valence-electron chi connectivity index (χ3n) is 5.05. The summed E-state index contributed by atoms with van der Waals surface area (Å²) in [5.41, 5.74) is 8.26. The molecule has 3 aromatic carbocycles. The molecule has 0 aliphatic heterocycles. The van der Waals surface area contributed by atoms with Crippen molar-refractivity contribution in [3.05, 3.63) is 82.4 Å². The first kappa shape index (κ1) is 18.0. The number of hydrogen-bond donors (Lipinski definition) is 1. The Bertz CT molecular complexity index is 1150. The molecule has 0 unspecified atom stereocenters. The van der Waals surface area contributed by atoms with Gasteiger partial charge in [0.15, 0.2) is 5.58 Å². The topological polar surface area (TPSA) is 55.1 Å². The highest BCUT2D eigenvalue weighted by molar-refractivity contribution is 6.05. The maximum atomic E-state index is 12.6. The Kier molecular flexibility index (Phi) is 4.47. The summed E-state index contributed by atoms with van der Waals surface area (Å²) in [5.74, 6) is 0.412. The van der Waals surface area contributed by atoms with Crippen molar-refractivity contribution < 1.29 is 9.21 Å². The van der Waals surface area contributed by atoms with Crippen molar-refractivity contribution in [2.75, 3.05) is 5.32 Å². The Hall–Kier alpha value is -3.40. The van der Waals surface area contributed by atoms with Crippen molar-refractivity contribution in [1.29, 1.82) is 0 Å². The molecule has 4 heteroatoms. The summed E-state index contributed by atoms with van der Waals surface area (Å²) in [6.07, 6.45) is 0. The number of nitrogens with zero attached hydrogens (tertiary/aromatic N) is 1. The van der Waals surface area contributed by atoms with Crippen LogP contribution in [0.2, 0.25) is 0 Å². The van der Waals surface area contributed by atoms with Gasteiger partial charge >= 0.3 is 0 Å². The van der Waals surface area contributed by atoms with Crippen LogP contribution in [0.4, 0.5) is 5.69 Å². The molecule has 1 heterocycles. The zero-order valence-electron chi connectivity index (χ0n) is 16.5. The van der Waals surface area contributed by atoms with Crippen LogP contribution >= 0.6 is 0 Å². The average Bonchev–Trinajstić information content (AvgIpc) is 3.07. The van der Waals surface area contributed by atoms with Gasteiger partial charge in [-0.15, -0.1) is 0 Å². The highest BCUT2D eigenvalue weighted by Crippen LogP contribution is 2.29. The molecule has 0 aliphatic carbocycles. The van der Waals surface area contributed by atoms with Gasteiger partial charge in [-0.2, -0.15) is 0 Å². The Morgan fingerprint density at radius 3 is 2.32 bits per heavy atom. The lowest BCUT2D eigenvalue weighted by atomic mass is 10.1. The van der Waals surface area contributed by atoms with E-state index in [1.165, 1.54) is 11.1 Å². The van der Waals surface area contributed by atoms with E-state index in [0.717, 1.165) is 33.5 Å². The Morgan fingerprint density at radius 2 is 1.57 bits per heavy atom. The van der Waals surface area contributed by atoms with Crippen molar-refractivity contribution in [3.8, 4) is 11.5 Å². The van der Waals surface area contributed by atoms with E-state index >= 15 is 0 Å². The van der Waals surface area contributed by atoms with Crippen LogP contribution in [0.25, 0.3) is 22.6 Å². The summed E-state index contributed by atoms with van der Waals surface area (Å²) in [6.45, 7) is 8.08. The largest absolute Gasteiger partial charge is 0.436 e. The highest BCUT2D eigenvalue weighted by Gasteiger charge is 2.13. The van der Waals surface area contributed by atoms with Crippen molar-refractivity contribution in [2.24, 2.45) is 0 Å². The fourth-order valence-electron chi connectivity index (χ4n) is 3.09. The zero-order valence-corrected chi connectivity index (χ0v) is 16.5. The highest BCUT2D eigenvalue weighted by atomic mass is 16.3.